The molecule has 0 aliphatic carbocycles. The minimum atomic E-state index is -0.400. The second-order valence-electron chi connectivity index (χ2n) is 2.66. The van der Waals surface area contributed by atoms with Crippen LogP contribution in [0.15, 0.2) is 21.1 Å². The van der Waals surface area contributed by atoms with Gasteiger partial charge in [0, 0.05) is 4.47 Å². The summed E-state index contributed by atoms with van der Waals surface area (Å²) in [7, 11) is 1.51. The fourth-order valence-electron chi connectivity index (χ4n) is 1.13. The van der Waals surface area contributed by atoms with Gasteiger partial charge < -0.3 is 9.47 Å². The maximum absolute atomic E-state index is 11.6. The Morgan fingerprint density at radius 3 is 2.47 bits per heavy atom. The number of rotatable bonds is 3. The van der Waals surface area contributed by atoms with E-state index in [1.165, 1.54) is 7.11 Å². The van der Waals surface area contributed by atoms with Crippen LogP contribution in [-0.2, 0) is 4.74 Å². The molecule has 1 aromatic carbocycles. The summed E-state index contributed by atoms with van der Waals surface area (Å²) in [6.07, 6.45) is 0. The lowest BCUT2D eigenvalue weighted by molar-refractivity contribution is 0.0521. The van der Waals surface area contributed by atoms with Crippen molar-refractivity contribution in [3.05, 3.63) is 26.6 Å². The summed E-state index contributed by atoms with van der Waals surface area (Å²) in [6.45, 7) is 2.09. The zero-order valence-corrected chi connectivity index (χ0v) is 11.5. The molecular weight excluding hydrogens is 328 g/mol. The van der Waals surface area contributed by atoms with Gasteiger partial charge in [0.2, 0.25) is 0 Å². The van der Waals surface area contributed by atoms with Crippen LogP contribution < -0.4 is 4.74 Å². The Bertz CT molecular complexity index is 377. The highest BCUT2D eigenvalue weighted by atomic mass is 79.9. The molecule has 0 unspecified atom stereocenters. The van der Waals surface area contributed by atoms with Crippen LogP contribution in [0.1, 0.15) is 17.3 Å². The van der Waals surface area contributed by atoms with Crippen molar-refractivity contribution < 1.29 is 14.3 Å². The smallest absolute Gasteiger partial charge is 0.343 e. The molecule has 0 amide bonds. The third-order valence-corrected chi connectivity index (χ3v) is 3.03. The minimum Gasteiger partial charge on any atom is -0.495 e. The first kappa shape index (κ1) is 12.5. The Balaban J connectivity index is 3.24. The van der Waals surface area contributed by atoms with E-state index in [2.05, 4.69) is 31.9 Å². The Hall–Kier alpha value is -0.550. The Morgan fingerprint density at radius 2 is 1.93 bits per heavy atom. The Morgan fingerprint density at radius 1 is 1.33 bits per heavy atom. The first-order valence-corrected chi connectivity index (χ1v) is 5.89. The molecule has 0 saturated carbocycles. The van der Waals surface area contributed by atoms with Crippen LogP contribution in [0.2, 0.25) is 0 Å². The van der Waals surface area contributed by atoms with Gasteiger partial charge in [-0.2, -0.15) is 0 Å². The average molecular weight is 338 g/mol. The molecule has 0 aliphatic heterocycles. The lowest BCUT2D eigenvalue weighted by atomic mass is 10.2. The molecule has 0 radical (unpaired) electrons. The van der Waals surface area contributed by atoms with Gasteiger partial charge in [-0.25, -0.2) is 4.79 Å². The van der Waals surface area contributed by atoms with Crippen LogP contribution >= 0.6 is 31.9 Å². The quantitative estimate of drug-likeness (QED) is 0.793. The van der Waals surface area contributed by atoms with Crippen molar-refractivity contribution in [1.82, 2.24) is 0 Å². The largest absolute Gasteiger partial charge is 0.495 e. The first-order chi connectivity index (χ1) is 7.11. The standard InChI is InChI=1S/C10H10Br2O3/c1-3-15-10(13)8-6(11)4-5-7(12)9(8)14-2/h4-5H,3H2,1-2H3. The van der Waals surface area contributed by atoms with Crippen molar-refractivity contribution in [1.29, 1.82) is 0 Å². The fraction of sp³-hybridized carbons (Fsp3) is 0.300. The normalized spacial score (nSPS) is 9.87. The van der Waals surface area contributed by atoms with Gasteiger partial charge >= 0.3 is 5.97 Å². The van der Waals surface area contributed by atoms with E-state index < -0.39 is 5.97 Å². The second kappa shape index (κ2) is 5.51. The van der Waals surface area contributed by atoms with Gasteiger partial charge in [-0.3, -0.25) is 0 Å². The maximum atomic E-state index is 11.6. The maximum Gasteiger partial charge on any atom is 0.343 e. The lowest BCUT2D eigenvalue weighted by Gasteiger charge is -2.11. The van der Waals surface area contributed by atoms with Crippen molar-refractivity contribution in [3.63, 3.8) is 0 Å². The molecule has 1 aromatic rings. The molecule has 1 rings (SSSR count). The van der Waals surface area contributed by atoms with Crippen LogP contribution in [0.5, 0.6) is 5.75 Å². The van der Waals surface area contributed by atoms with Gasteiger partial charge in [0.05, 0.1) is 18.2 Å². The van der Waals surface area contributed by atoms with Gasteiger partial charge in [0.15, 0.2) is 0 Å². The average Bonchev–Trinajstić information content (AvgIpc) is 2.21. The van der Waals surface area contributed by atoms with Gasteiger partial charge in [0.1, 0.15) is 11.3 Å². The molecule has 0 aromatic heterocycles. The van der Waals surface area contributed by atoms with E-state index in [1.54, 1.807) is 19.1 Å². The number of carbonyl (C=O) groups excluding carboxylic acids is 1. The van der Waals surface area contributed by atoms with E-state index in [0.717, 1.165) is 4.47 Å². The van der Waals surface area contributed by atoms with Gasteiger partial charge in [-0.15, -0.1) is 0 Å². The molecule has 82 valence electrons. The van der Waals surface area contributed by atoms with Crippen molar-refractivity contribution in [3.8, 4) is 5.75 Å². The molecular formula is C10H10Br2O3. The second-order valence-corrected chi connectivity index (χ2v) is 4.37. The van der Waals surface area contributed by atoms with Crippen LogP contribution in [0.4, 0.5) is 0 Å². The predicted octanol–water partition coefficient (Wildman–Crippen LogP) is 3.40. The number of hydrogen-bond donors (Lipinski definition) is 0. The predicted molar refractivity (Wildman–Crippen MR) is 64.4 cm³/mol. The molecule has 0 spiro atoms. The Labute approximate surface area is 105 Å². The number of esters is 1. The summed E-state index contributed by atoms with van der Waals surface area (Å²) in [5.74, 6) is 0.0744. The molecule has 15 heavy (non-hydrogen) atoms. The number of carbonyl (C=O) groups is 1. The van der Waals surface area contributed by atoms with E-state index in [1.807, 2.05) is 0 Å². The van der Waals surface area contributed by atoms with Crippen LogP contribution in [0.25, 0.3) is 0 Å². The molecule has 0 atom stereocenters. The summed E-state index contributed by atoms with van der Waals surface area (Å²) in [5, 5.41) is 0. The SMILES string of the molecule is CCOC(=O)c1c(Br)ccc(Br)c1OC. The van der Waals surface area contributed by atoms with Crippen LogP contribution in [-0.4, -0.2) is 19.7 Å². The molecule has 5 heteroatoms. The highest BCUT2D eigenvalue weighted by Gasteiger charge is 2.19. The first-order valence-electron chi connectivity index (χ1n) is 4.31. The van der Waals surface area contributed by atoms with E-state index in [4.69, 9.17) is 9.47 Å². The summed E-state index contributed by atoms with van der Waals surface area (Å²) in [5.41, 5.74) is 0.397. The lowest BCUT2D eigenvalue weighted by Crippen LogP contribution is -2.08. The van der Waals surface area contributed by atoms with Crippen molar-refractivity contribution in [2.24, 2.45) is 0 Å². The number of methoxy groups -OCH3 is 1. The third-order valence-electron chi connectivity index (χ3n) is 1.74. The van der Waals surface area contributed by atoms with Gasteiger partial charge in [-0.1, -0.05) is 0 Å². The number of benzene rings is 1. The minimum absolute atomic E-state index is 0.334. The van der Waals surface area contributed by atoms with Crippen LogP contribution in [0, 0.1) is 0 Å². The van der Waals surface area contributed by atoms with E-state index >= 15 is 0 Å². The molecule has 0 fully saturated rings. The van der Waals surface area contributed by atoms with Gasteiger partial charge in [0.25, 0.3) is 0 Å². The number of hydrogen-bond acceptors (Lipinski definition) is 3. The van der Waals surface area contributed by atoms with Crippen molar-refractivity contribution in [2.45, 2.75) is 6.92 Å². The fourth-order valence-corrected chi connectivity index (χ4v) is 2.09. The van der Waals surface area contributed by atoms with E-state index in [0.29, 0.717) is 22.4 Å². The molecule has 0 heterocycles. The van der Waals surface area contributed by atoms with Crippen molar-refractivity contribution >= 4 is 37.8 Å². The van der Waals surface area contributed by atoms with Gasteiger partial charge in [-0.05, 0) is 50.9 Å². The zero-order chi connectivity index (χ0) is 11.4. The van der Waals surface area contributed by atoms with E-state index in [9.17, 15) is 4.79 Å². The van der Waals surface area contributed by atoms with Crippen LogP contribution in [0.3, 0.4) is 0 Å². The molecule has 0 N–H and O–H groups in total. The number of halogens is 2. The molecule has 3 nitrogen and oxygen atoms in total. The highest BCUT2D eigenvalue weighted by Crippen LogP contribution is 2.34. The molecule has 0 aliphatic rings. The summed E-state index contributed by atoms with van der Waals surface area (Å²) in [4.78, 5) is 11.6. The molecule has 0 bridgehead atoms. The summed E-state index contributed by atoms with van der Waals surface area (Å²) < 4.78 is 11.5. The number of ether oxygens (including phenoxy) is 2. The topological polar surface area (TPSA) is 35.5 Å². The summed E-state index contributed by atoms with van der Waals surface area (Å²) >= 11 is 6.60. The Kier molecular flexibility index (Phi) is 4.60. The zero-order valence-electron chi connectivity index (χ0n) is 8.34. The summed E-state index contributed by atoms with van der Waals surface area (Å²) in [6, 6.07) is 3.56. The van der Waals surface area contributed by atoms with Crippen molar-refractivity contribution in [2.75, 3.05) is 13.7 Å². The highest BCUT2D eigenvalue weighted by molar-refractivity contribution is 9.11. The van der Waals surface area contributed by atoms with E-state index in [-0.39, 0.29) is 0 Å². The molecule has 0 saturated heterocycles. The monoisotopic (exact) mass is 336 g/mol. The third kappa shape index (κ3) is 2.72.